The molecule has 0 spiro atoms. The number of allylic oxidation sites excluding steroid dienone is 1. The summed E-state index contributed by atoms with van der Waals surface area (Å²) < 4.78 is 9.87. The lowest BCUT2D eigenvalue weighted by atomic mass is 9.96. The van der Waals surface area contributed by atoms with E-state index in [9.17, 15) is 19.5 Å². The minimum atomic E-state index is -1.38. The lowest BCUT2D eigenvalue weighted by molar-refractivity contribution is -0.153. The summed E-state index contributed by atoms with van der Waals surface area (Å²) >= 11 is 0. The number of ether oxygens (including phenoxy) is 2. The van der Waals surface area contributed by atoms with Crippen molar-refractivity contribution in [2.75, 3.05) is 6.61 Å². The van der Waals surface area contributed by atoms with Crippen molar-refractivity contribution in [3.8, 4) is 0 Å². The highest BCUT2D eigenvalue weighted by molar-refractivity contribution is 5.87. The van der Waals surface area contributed by atoms with Crippen molar-refractivity contribution in [1.29, 1.82) is 0 Å². The van der Waals surface area contributed by atoms with Crippen LogP contribution in [0.3, 0.4) is 0 Å². The molecule has 0 fully saturated rings. The molecule has 0 saturated heterocycles. The summed E-state index contributed by atoms with van der Waals surface area (Å²) in [5.41, 5.74) is -0.781. The van der Waals surface area contributed by atoms with Gasteiger partial charge in [-0.05, 0) is 27.2 Å². The van der Waals surface area contributed by atoms with E-state index in [0.29, 0.717) is 0 Å². The first-order chi connectivity index (χ1) is 10.1. The van der Waals surface area contributed by atoms with Crippen molar-refractivity contribution >= 4 is 18.0 Å². The van der Waals surface area contributed by atoms with E-state index in [0.717, 1.165) is 0 Å². The lowest BCUT2D eigenvalue weighted by Crippen LogP contribution is -2.50. The number of carboxylic acids is 1. The highest BCUT2D eigenvalue weighted by Crippen LogP contribution is 2.14. The molecule has 0 aromatic heterocycles. The highest BCUT2D eigenvalue weighted by atomic mass is 16.6. The number of hydrogen-bond donors (Lipinski definition) is 2. The van der Waals surface area contributed by atoms with Crippen LogP contribution in [0.1, 0.15) is 27.2 Å². The number of alkyl carbamates (subject to hydrolysis) is 1. The third kappa shape index (κ3) is 7.47. The van der Waals surface area contributed by atoms with Crippen molar-refractivity contribution < 1.29 is 29.0 Å². The van der Waals surface area contributed by atoms with Gasteiger partial charge in [-0.25, -0.2) is 9.59 Å². The molecule has 0 rings (SSSR count). The van der Waals surface area contributed by atoms with Crippen molar-refractivity contribution in [3.63, 3.8) is 0 Å². The van der Waals surface area contributed by atoms with Gasteiger partial charge in [0.1, 0.15) is 18.2 Å². The summed E-state index contributed by atoms with van der Waals surface area (Å²) in [4.78, 5) is 35.1. The molecule has 2 N–H and O–H groups in total. The maximum absolute atomic E-state index is 12.0. The average Bonchev–Trinajstić information content (AvgIpc) is 2.37. The molecular formula is C15H23NO6. The van der Waals surface area contributed by atoms with Gasteiger partial charge >= 0.3 is 18.0 Å². The average molecular weight is 313 g/mol. The van der Waals surface area contributed by atoms with Gasteiger partial charge in [-0.2, -0.15) is 0 Å². The maximum Gasteiger partial charge on any atom is 0.408 e. The van der Waals surface area contributed by atoms with Gasteiger partial charge in [0.25, 0.3) is 0 Å². The lowest BCUT2D eigenvalue weighted by Gasteiger charge is -2.25. The largest absolute Gasteiger partial charge is 0.481 e. The van der Waals surface area contributed by atoms with Crippen LogP contribution in [0.2, 0.25) is 0 Å². The number of nitrogens with one attached hydrogen (secondary N) is 1. The molecule has 1 amide bonds. The zero-order valence-electron chi connectivity index (χ0n) is 13.1. The molecule has 22 heavy (non-hydrogen) atoms. The number of carboxylic acid groups (broad SMARTS) is 1. The van der Waals surface area contributed by atoms with Crippen LogP contribution in [-0.2, 0) is 19.1 Å². The van der Waals surface area contributed by atoms with Crippen LogP contribution in [0.4, 0.5) is 4.79 Å². The number of rotatable bonds is 8. The second-order valence-corrected chi connectivity index (χ2v) is 5.51. The molecular weight excluding hydrogens is 290 g/mol. The first-order valence-corrected chi connectivity index (χ1v) is 6.73. The van der Waals surface area contributed by atoms with Crippen LogP contribution in [0, 0.1) is 5.92 Å². The first-order valence-electron chi connectivity index (χ1n) is 6.73. The van der Waals surface area contributed by atoms with Gasteiger partial charge < -0.3 is 19.9 Å². The Morgan fingerprint density at radius 3 is 2.23 bits per heavy atom. The number of amides is 1. The molecule has 0 aliphatic carbocycles. The monoisotopic (exact) mass is 313 g/mol. The van der Waals surface area contributed by atoms with E-state index in [1.807, 2.05) is 0 Å². The summed E-state index contributed by atoms with van der Waals surface area (Å²) in [6.07, 6.45) is 1.77. The summed E-state index contributed by atoms with van der Waals surface area (Å²) in [5, 5.41) is 11.5. The fourth-order valence-corrected chi connectivity index (χ4v) is 1.55. The van der Waals surface area contributed by atoms with E-state index in [-0.39, 0.29) is 13.0 Å². The van der Waals surface area contributed by atoms with E-state index in [4.69, 9.17) is 9.47 Å². The van der Waals surface area contributed by atoms with Crippen LogP contribution in [0.25, 0.3) is 0 Å². The Balaban J connectivity index is 5.17. The van der Waals surface area contributed by atoms with Gasteiger partial charge in [-0.3, -0.25) is 4.79 Å². The molecule has 0 saturated carbocycles. The quantitative estimate of drug-likeness (QED) is 0.524. The van der Waals surface area contributed by atoms with E-state index < -0.39 is 35.6 Å². The van der Waals surface area contributed by atoms with E-state index in [1.165, 1.54) is 12.2 Å². The number of carbonyl (C=O) groups excluding carboxylic acids is 2. The number of esters is 1. The molecule has 0 radical (unpaired) electrons. The second kappa shape index (κ2) is 8.86. The smallest absolute Gasteiger partial charge is 0.408 e. The summed E-state index contributed by atoms with van der Waals surface area (Å²) in [6, 6.07) is -1.38. The van der Waals surface area contributed by atoms with Crippen LogP contribution in [0.15, 0.2) is 25.3 Å². The number of hydrogen-bond acceptors (Lipinski definition) is 5. The molecule has 0 aliphatic rings. The number of aliphatic carboxylic acids is 1. The molecule has 0 aliphatic heterocycles. The Labute approximate surface area is 130 Å². The summed E-state index contributed by atoms with van der Waals surface area (Å²) in [5.74, 6) is -3.33. The molecule has 0 aromatic carbocycles. The molecule has 124 valence electrons. The fraction of sp³-hybridized carbons (Fsp3) is 0.533. The summed E-state index contributed by atoms with van der Waals surface area (Å²) in [6.45, 7) is 11.7. The molecule has 0 aromatic rings. The predicted octanol–water partition coefficient (Wildman–Crippen LogP) is 1.89. The standard InChI is InChI=1S/C15H23NO6/c1-6-8-10(12(17)18)11(13(19)21-9-7-2)16-14(20)22-15(3,4)5/h6-7,10-11H,1-2,8-9H2,3-5H3,(H,16,20)(H,17,18)/t10-,11+/m0/s1. The van der Waals surface area contributed by atoms with Gasteiger partial charge in [0.2, 0.25) is 0 Å². The fourth-order valence-electron chi connectivity index (χ4n) is 1.55. The topological polar surface area (TPSA) is 102 Å². The van der Waals surface area contributed by atoms with Gasteiger partial charge in [0, 0.05) is 0 Å². The molecule has 0 bridgehead atoms. The molecule has 7 nitrogen and oxygen atoms in total. The Kier molecular flexibility index (Phi) is 7.93. The third-order valence-electron chi connectivity index (χ3n) is 2.41. The zero-order valence-corrected chi connectivity index (χ0v) is 13.1. The van der Waals surface area contributed by atoms with Gasteiger partial charge in [-0.1, -0.05) is 18.7 Å². The number of carbonyl (C=O) groups is 3. The second-order valence-electron chi connectivity index (χ2n) is 5.51. The van der Waals surface area contributed by atoms with E-state index in [2.05, 4.69) is 18.5 Å². The molecule has 0 heterocycles. The third-order valence-corrected chi connectivity index (χ3v) is 2.41. The molecule has 7 heteroatoms. The normalized spacial score (nSPS) is 13.4. The minimum absolute atomic E-state index is 0.0149. The van der Waals surface area contributed by atoms with Crippen molar-refractivity contribution in [2.24, 2.45) is 5.92 Å². The van der Waals surface area contributed by atoms with Crippen molar-refractivity contribution in [2.45, 2.75) is 38.8 Å². The van der Waals surface area contributed by atoms with Crippen molar-refractivity contribution in [3.05, 3.63) is 25.3 Å². The van der Waals surface area contributed by atoms with Crippen LogP contribution < -0.4 is 5.32 Å². The first kappa shape index (κ1) is 19.7. The summed E-state index contributed by atoms with van der Waals surface area (Å²) in [7, 11) is 0. The molecule has 2 atom stereocenters. The van der Waals surface area contributed by atoms with Crippen LogP contribution in [0.5, 0.6) is 0 Å². The predicted molar refractivity (Wildman–Crippen MR) is 80.3 cm³/mol. The molecule has 0 unspecified atom stereocenters. The minimum Gasteiger partial charge on any atom is -0.481 e. The SMILES string of the molecule is C=CCOC(=O)[C@H](NC(=O)OC(C)(C)C)[C@H](CC=C)C(=O)O. The van der Waals surface area contributed by atoms with Gasteiger partial charge in [0.05, 0.1) is 5.92 Å². The Hall–Kier alpha value is -2.31. The Morgan fingerprint density at radius 2 is 1.82 bits per heavy atom. The van der Waals surface area contributed by atoms with E-state index in [1.54, 1.807) is 20.8 Å². The van der Waals surface area contributed by atoms with Crippen LogP contribution in [-0.4, -0.2) is 41.4 Å². The maximum atomic E-state index is 12.0. The van der Waals surface area contributed by atoms with Gasteiger partial charge in [-0.15, -0.1) is 6.58 Å². The highest BCUT2D eigenvalue weighted by Gasteiger charge is 2.36. The zero-order chi connectivity index (χ0) is 17.3. The van der Waals surface area contributed by atoms with Crippen molar-refractivity contribution in [1.82, 2.24) is 5.32 Å². The Morgan fingerprint density at radius 1 is 1.23 bits per heavy atom. The van der Waals surface area contributed by atoms with Crippen LogP contribution >= 0.6 is 0 Å². The van der Waals surface area contributed by atoms with E-state index >= 15 is 0 Å². The van der Waals surface area contributed by atoms with Gasteiger partial charge in [0.15, 0.2) is 0 Å². The Bertz CT molecular complexity index is 438.